The molecule has 0 aliphatic carbocycles. The first-order valence-electron chi connectivity index (χ1n) is 7.25. The third-order valence-corrected chi connectivity index (χ3v) is 3.76. The van der Waals surface area contributed by atoms with Gasteiger partial charge in [-0.25, -0.2) is 0 Å². The molecule has 0 aromatic carbocycles. The normalized spacial score (nSPS) is 21.6. The van der Waals surface area contributed by atoms with Crippen LogP contribution in [0.15, 0.2) is 0 Å². The number of nitrogens with two attached hydrogens (primary N) is 1. The van der Waals surface area contributed by atoms with Crippen molar-refractivity contribution >= 4 is 5.91 Å². The number of unbranched alkanes of at least 4 members (excludes halogenated alkanes) is 2. The van der Waals surface area contributed by atoms with Crippen LogP contribution in [-0.2, 0) is 4.79 Å². The molecule has 1 rings (SSSR count). The number of carbonyl (C=O) groups excluding carboxylic acids is 1. The van der Waals surface area contributed by atoms with Crippen molar-refractivity contribution in [1.29, 1.82) is 0 Å². The summed E-state index contributed by atoms with van der Waals surface area (Å²) in [6, 6.07) is 0. The Hall–Kier alpha value is -0.570. The molecule has 1 heterocycles. The lowest BCUT2D eigenvalue weighted by Crippen LogP contribution is -2.31. The molecule has 100 valence electrons. The van der Waals surface area contributed by atoms with Crippen LogP contribution in [0.1, 0.15) is 58.3 Å². The molecule has 17 heavy (non-hydrogen) atoms. The number of hydrogen-bond donors (Lipinski definition) is 1. The first-order chi connectivity index (χ1) is 8.27. The molecule has 1 unspecified atom stereocenters. The number of rotatable bonds is 7. The summed E-state index contributed by atoms with van der Waals surface area (Å²) in [5.74, 6) is 1.15. The van der Waals surface area contributed by atoms with Crippen molar-refractivity contribution in [1.82, 2.24) is 4.90 Å². The molecule has 1 aliphatic heterocycles. The molecule has 2 N–H and O–H groups in total. The van der Waals surface area contributed by atoms with Gasteiger partial charge in [-0.2, -0.15) is 0 Å². The van der Waals surface area contributed by atoms with Crippen molar-refractivity contribution in [2.75, 3.05) is 19.6 Å². The lowest BCUT2D eigenvalue weighted by molar-refractivity contribution is -0.130. The molecule has 1 amide bonds. The van der Waals surface area contributed by atoms with E-state index in [0.717, 1.165) is 57.7 Å². The highest BCUT2D eigenvalue weighted by Gasteiger charge is 2.21. The Morgan fingerprint density at radius 3 is 2.82 bits per heavy atom. The molecule has 3 heteroatoms. The predicted octanol–water partition coefficient (Wildman–Crippen LogP) is 2.54. The summed E-state index contributed by atoms with van der Waals surface area (Å²) in [6.07, 6.45) is 8.95. The van der Waals surface area contributed by atoms with Gasteiger partial charge in [0.05, 0.1) is 0 Å². The first kappa shape index (κ1) is 14.5. The molecule has 0 aromatic heterocycles. The number of hydrogen-bond acceptors (Lipinski definition) is 2. The molecule has 3 nitrogen and oxygen atoms in total. The van der Waals surface area contributed by atoms with Gasteiger partial charge in [0.25, 0.3) is 0 Å². The summed E-state index contributed by atoms with van der Waals surface area (Å²) in [7, 11) is 0. The lowest BCUT2D eigenvalue weighted by Gasteiger charge is -2.20. The van der Waals surface area contributed by atoms with Crippen LogP contribution in [0.2, 0.25) is 0 Å². The van der Waals surface area contributed by atoms with E-state index in [1.807, 2.05) is 0 Å². The van der Waals surface area contributed by atoms with Gasteiger partial charge in [-0.1, -0.05) is 26.2 Å². The number of nitrogens with zero attached hydrogens (tertiary/aromatic N) is 1. The Kier molecular flexibility index (Phi) is 7.25. The second-order valence-corrected chi connectivity index (χ2v) is 5.21. The lowest BCUT2D eigenvalue weighted by atomic mass is 9.96. The van der Waals surface area contributed by atoms with Crippen LogP contribution in [0.25, 0.3) is 0 Å². The van der Waals surface area contributed by atoms with Crippen LogP contribution in [0.5, 0.6) is 0 Å². The largest absolute Gasteiger partial charge is 0.343 e. The fraction of sp³-hybridized carbons (Fsp3) is 0.929. The van der Waals surface area contributed by atoms with Crippen molar-refractivity contribution in [2.24, 2.45) is 11.7 Å². The van der Waals surface area contributed by atoms with E-state index >= 15 is 0 Å². The highest BCUT2D eigenvalue weighted by molar-refractivity contribution is 5.76. The van der Waals surface area contributed by atoms with Gasteiger partial charge in [-0.15, -0.1) is 0 Å². The maximum atomic E-state index is 11.9. The van der Waals surface area contributed by atoms with Gasteiger partial charge in [-0.05, 0) is 38.1 Å². The summed E-state index contributed by atoms with van der Waals surface area (Å²) in [5, 5.41) is 0. The molecule has 1 saturated heterocycles. The Labute approximate surface area is 106 Å². The summed E-state index contributed by atoms with van der Waals surface area (Å²) in [4.78, 5) is 14.0. The van der Waals surface area contributed by atoms with E-state index < -0.39 is 0 Å². The fourth-order valence-electron chi connectivity index (χ4n) is 2.65. The van der Waals surface area contributed by atoms with Gasteiger partial charge >= 0.3 is 0 Å². The molecular formula is C14H28N2O. The summed E-state index contributed by atoms with van der Waals surface area (Å²) in [5.41, 5.74) is 5.47. The van der Waals surface area contributed by atoms with Crippen molar-refractivity contribution in [3.63, 3.8) is 0 Å². The minimum atomic E-state index is 0.372. The number of amides is 1. The molecule has 1 atom stereocenters. The maximum absolute atomic E-state index is 11.9. The van der Waals surface area contributed by atoms with E-state index in [0.29, 0.717) is 5.91 Å². The van der Waals surface area contributed by atoms with Crippen molar-refractivity contribution in [2.45, 2.75) is 58.3 Å². The monoisotopic (exact) mass is 240 g/mol. The number of likely N-dealkylation sites (tertiary alicyclic amines) is 1. The van der Waals surface area contributed by atoms with E-state index in [9.17, 15) is 4.79 Å². The van der Waals surface area contributed by atoms with Gasteiger partial charge in [0.15, 0.2) is 0 Å². The molecule has 0 spiro atoms. The van der Waals surface area contributed by atoms with Crippen molar-refractivity contribution < 1.29 is 4.79 Å². The van der Waals surface area contributed by atoms with Crippen LogP contribution >= 0.6 is 0 Å². The highest BCUT2D eigenvalue weighted by atomic mass is 16.2. The minimum absolute atomic E-state index is 0.372. The van der Waals surface area contributed by atoms with Crippen LogP contribution in [-0.4, -0.2) is 30.4 Å². The molecule has 1 aliphatic rings. The van der Waals surface area contributed by atoms with Gasteiger partial charge in [0, 0.05) is 19.5 Å². The molecular weight excluding hydrogens is 212 g/mol. The van der Waals surface area contributed by atoms with Gasteiger partial charge in [0.1, 0.15) is 0 Å². The van der Waals surface area contributed by atoms with Gasteiger partial charge in [0.2, 0.25) is 5.91 Å². The number of carbonyl (C=O) groups is 1. The van der Waals surface area contributed by atoms with Gasteiger partial charge in [-0.3, -0.25) is 4.79 Å². The Morgan fingerprint density at radius 2 is 2.12 bits per heavy atom. The van der Waals surface area contributed by atoms with Crippen LogP contribution in [0.4, 0.5) is 0 Å². The minimum Gasteiger partial charge on any atom is -0.343 e. The second-order valence-electron chi connectivity index (χ2n) is 5.21. The second kappa shape index (κ2) is 8.51. The van der Waals surface area contributed by atoms with Crippen molar-refractivity contribution in [3.8, 4) is 0 Å². The van der Waals surface area contributed by atoms with Crippen LogP contribution in [0, 0.1) is 5.92 Å². The summed E-state index contributed by atoms with van der Waals surface area (Å²) >= 11 is 0. The first-order valence-corrected chi connectivity index (χ1v) is 7.25. The highest BCUT2D eigenvalue weighted by Crippen LogP contribution is 2.22. The topological polar surface area (TPSA) is 46.3 Å². The maximum Gasteiger partial charge on any atom is 0.222 e. The van der Waals surface area contributed by atoms with Gasteiger partial charge < -0.3 is 10.6 Å². The molecule has 0 saturated carbocycles. The average Bonchev–Trinajstić information content (AvgIpc) is 2.50. The Morgan fingerprint density at radius 1 is 1.29 bits per heavy atom. The van der Waals surface area contributed by atoms with E-state index in [1.54, 1.807) is 0 Å². The zero-order chi connectivity index (χ0) is 12.5. The molecule has 0 aromatic rings. The third kappa shape index (κ3) is 5.53. The zero-order valence-corrected chi connectivity index (χ0v) is 11.3. The van der Waals surface area contributed by atoms with Crippen LogP contribution in [0.3, 0.4) is 0 Å². The average molecular weight is 240 g/mol. The predicted molar refractivity (Wildman–Crippen MR) is 71.7 cm³/mol. The van der Waals surface area contributed by atoms with Crippen molar-refractivity contribution in [3.05, 3.63) is 0 Å². The quantitative estimate of drug-likeness (QED) is 0.695. The third-order valence-electron chi connectivity index (χ3n) is 3.76. The molecule has 0 radical (unpaired) electrons. The van der Waals surface area contributed by atoms with E-state index in [2.05, 4.69) is 11.8 Å². The van der Waals surface area contributed by atoms with E-state index in [4.69, 9.17) is 5.73 Å². The van der Waals surface area contributed by atoms with Crippen LogP contribution < -0.4 is 5.73 Å². The Bertz CT molecular complexity index is 218. The summed E-state index contributed by atoms with van der Waals surface area (Å²) in [6.45, 7) is 4.92. The SMILES string of the molecule is CCCC1CCC(=O)N(CCCCCN)CC1. The molecule has 1 fully saturated rings. The summed E-state index contributed by atoms with van der Waals surface area (Å²) < 4.78 is 0. The van der Waals surface area contributed by atoms with E-state index in [1.165, 1.54) is 19.3 Å². The standard InChI is InChI=1S/C14H28N2O/c1-2-6-13-7-8-14(17)16(12-9-13)11-5-3-4-10-15/h13H,2-12,15H2,1H3. The van der Waals surface area contributed by atoms with E-state index in [-0.39, 0.29) is 0 Å². The fourth-order valence-corrected chi connectivity index (χ4v) is 2.65. The smallest absolute Gasteiger partial charge is 0.222 e. The zero-order valence-electron chi connectivity index (χ0n) is 11.3. The molecule has 0 bridgehead atoms. The Balaban J connectivity index is 2.27.